The summed E-state index contributed by atoms with van der Waals surface area (Å²) in [5.74, 6) is 0.739. The Morgan fingerprint density at radius 3 is 2.78 bits per heavy atom. The maximum atomic E-state index is 9.34. The summed E-state index contributed by atoms with van der Waals surface area (Å²) in [5, 5.41) is 23.8. The van der Waals surface area contributed by atoms with E-state index < -0.39 is 0 Å². The molecule has 1 unspecified atom stereocenters. The standard InChI is InChI=1S/C26H33N5O/c1-6-9-22(31(5)23-12-13-32-17-23)14-25-24(7-2)19(4)29-30-26(25)28-16-21-11-8-10-20(15-27)18(21)3/h7-11,14,23H,6,12-13,16-17H2,1-5H3,(H,28,30)/b22-9-,24-7-,25-14+. The minimum absolute atomic E-state index is 0.377. The molecule has 2 aromatic rings. The van der Waals surface area contributed by atoms with Crippen molar-refractivity contribution in [2.45, 2.75) is 53.1 Å². The average Bonchev–Trinajstić information content (AvgIpc) is 3.33. The summed E-state index contributed by atoms with van der Waals surface area (Å²) in [6.45, 7) is 10.3. The molecule has 0 amide bonds. The Hall–Kier alpha value is -3.17. The van der Waals surface area contributed by atoms with E-state index in [1.165, 1.54) is 0 Å². The molecule has 1 N–H and O–H groups in total. The molecule has 1 aromatic carbocycles. The van der Waals surface area contributed by atoms with Crippen LogP contribution in [0.15, 0.2) is 30.0 Å². The summed E-state index contributed by atoms with van der Waals surface area (Å²) in [4.78, 5) is 2.32. The van der Waals surface area contributed by atoms with E-state index in [0.717, 1.165) is 64.8 Å². The van der Waals surface area contributed by atoms with Gasteiger partial charge in [-0.1, -0.05) is 31.2 Å². The largest absolute Gasteiger partial charge is 0.379 e. The van der Waals surface area contributed by atoms with E-state index in [2.05, 4.69) is 58.7 Å². The molecule has 168 valence electrons. The topological polar surface area (TPSA) is 74.1 Å². The number of hydrogen-bond acceptors (Lipinski definition) is 6. The molecule has 2 heterocycles. The number of nitrogens with zero attached hydrogens (tertiary/aromatic N) is 4. The second-order valence-electron chi connectivity index (χ2n) is 8.11. The van der Waals surface area contributed by atoms with Crippen molar-refractivity contribution in [1.29, 1.82) is 5.26 Å². The van der Waals surface area contributed by atoms with Crippen molar-refractivity contribution in [3.63, 3.8) is 0 Å². The second kappa shape index (κ2) is 10.9. The van der Waals surface area contributed by atoms with Crippen LogP contribution in [0.25, 0.3) is 12.2 Å². The SMILES string of the molecule is C/C=c1/c(C)nnc(NCc2cccc(C#N)c2C)/c1=C/C(=C/CC)N(C)C1CCOC1. The maximum Gasteiger partial charge on any atom is 0.156 e. The highest BCUT2D eigenvalue weighted by molar-refractivity contribution is 5.55. The van der Waals surface area contributed by atoms with Crippen molar-refractivity contribution in [1.82, 2.24) is 15.1 Å². The number of anilines is 1. The van der Waals surface area contributed by atoms with E-state index in [1.807, 2.05) is 39.0 Å². The zero-order valence-corrected chi connectivity index (χ0v) is 19.8. The van der Waals surface area contributed by atoms with Crippen LogP contribution >= 0.6 is 0 Å². The van der Waals surface area contributed by atoms with Gasteiger partial charge in [-0.15, -0.1) is 5.10 Å². The number of nitriles is 1. The average molecular weight is 432 g/mol. The molecule has 1 atom stereocenters. The Bertz CT molecular complexity index is 1140. The van der Waals surface area contributed by atoms with Crippen LogP contribution in [0.1, 0.15) is 49.1 Å². The fourth-order valence-corrected chi connectivity index (χ4v) is 4.07. The third-order valence-electron chi connectivity index (χ3n) is 6.10. The summed E-state index contributed by atoms with van der Waals surface area (Å²) < 4.78 is 5.62. The van der Waals surface area contributed by atoms with E-state index in [-0.39, 0.29) is 0 Å². The number of rotatable bonds is 7. The molecule has 0 spiro atoms. The first-order valence-corrected chi connectivity index (χ1v) is 11.2. The monoisotopic (exact) mass is 431 g/mol. The predicted molar refractivity (Wildman–Crippen MR) is 129 cm³/mol. The van der Waals surface area contributed by atoms with Gasteiger partial charge in [0.05, 0.1) is 30.0 Å². The molecule has 1 aliphatic heterocycles. The van der Waals surface area contributed by atoms with Gasteiger partial charge in [-0.25, -0.2) is 0 Å². The van der Waals surface area contributed by atoms with Crippen LogP contribution in [0.4, 0.5) is 5.82 Å². The zero-order chi connectivity index (χ0) is 23.1. The first kappa shape index (κ1) is 23.5. The van der Waals surface area contributed by atoms with Crippen LogP contribution in [0, 0.1) is 25.2 Å². The smallest absolute Gasteiger partial charge is 0.156 e. The van der Waals surface area contributed by atoms with Gasteiger partial charge in [-0.05, 0) is 56.9 Å². The Kier molecular flexibility index (Phi) is 8.02. The van der Waals surface area contributed by atoms with Gasteiger partial charge in [0.25, 0.3) is 0 Å². The number of nitrogens with one attached hydrogen (secondary N) is 1. The fourth-order valence-electron chi connectivity index (χ4n) is 4.07. The van der Waals surface area contributed by atoms with Crippen molar-refractivity contribution in [2.75, 3.05) is 25.6 Å². The number of benzene rings is 1. The van der Waals surface area contributed by atoms with E-state index in [9.17, 15) is 5.26 Å². The van der Waals surface area contributed by atoms with Gasteiger partial charge in [-0.3, -0.25) is 0 Å². The molecule has 6 nitrogen and oxygen atoms in total. The Labute approximate surface area is 190 Å². The summed E-state index contributed by atoms with van der Waals surface area (Å²) in [6, 6.07) is 8.44. The number of likely N-dealkylation sites (N-methyl/N-ethyl adjacent to an activating group) is 1. The zero-order valence-electron chi connectivity index (χ0n) is 19.8. The molecule has 0 saturated carbocycles. The molecule has 1 fully saturated rings. The van der Waals surface area contributed by atoms with Crippen LogP contribution in [0.2, 0.25) is 0 Å². The number of allylic oxidation sites excluding steroid dienone is 2. The van der Waals surface area contributed by atoms with Crippen LogP contribution in [0.5, 0.6) is 0 Å². The first-order valence-electron chi connectivity index (χ1n) is 11.2. The molecule has 0 radical (unpaired) electrons. The third-order valence-corrected chi connectivity index (χ3v) is 6.10. The normalized spacial score (nSPS) is 17.5. The van der Waals surface area contributed by atoms with Gasteiger partial charge < -0.3 is 15.0 Å². The molecule has 6 heteroatoms. The third kappa shape index (κ3) is 5.17. The number of ether oxygens (including phenoxy) is 1. The lowest BCUT2D eigenvalue weighted by atomic mass is 10.0. The minimum atomic E-state index is 0.377. The fraction of sp³-hybridized carbons (Fsp3) is 0.423. The Balaban J connectivity index is 2.04. The lowest BCUT2D eigenvalue weighted by molar-refractivity contribution is 0.173. The Morgan fingerprint density at radius 2 is 2.12 bits per heavy atom. The van der Waals surface area contributed by atoms with Gasteiger partial charge in [-0.2, -0.15) is 10.4 Å². The lowest BCUT2D eigenvalue weighted by Crippen LogP contribution is -2.36. The van der Waals surface area contributed by atoms with Crippen LogP contribution < -0.4 is 15.8 Å². The molecule has 1 saturated heterocycles. The lowest BCUT2D eigenvalue weighted by Gasteiger charge is -2.26. The summed E-state index contributed by atoms with van der Waals surface area (Å²) >= 11 is 0. The van der Waals surface area contributed by atoms with E-state index in [1.54, 1.807) is 0 Å². The Morgan fingerprint density at radius 1 is 1.31 bits per heavy atom. The van der Waals surface area contributed by atoms with E-state index in [4.69, 9.17) is 4.74 Å². The maximum absolute atomic E-state index is 9.34. The second-order valence-corrected chi connectivity index (χ2v) is 8.11. The summed E-state index contributed by atoms with van der Waals surface area (Å²) in [7, 11) is 2.14. The molecule has 32 heavy (non-hydrogen) atoms. The van der Waals surface area contributed by atoms with Crippen molar-refractivity contribution in [2.24, 2.45) is 0 Å². The quantitative estimate of drug-likeness (QED) is 0.726. The van der Waals surface area contributed by atoms with Gasteiger partial charge >= 0.3 is 0 Å². The van der Waals surface area contributed by atoms with Crippen molar-refractivity contribution >= 4 is 18.0 Å². The number of aryl methyl sites for hydroxylation is 1. The molecular formula is C26H33N5O. The van der Waals surface area contributed by atoms with Crippen molar-refractivity contribution in [3.05, 3.63) is 62.8 Å². The molecule has 0 bridgehead atoms. The van der Waals surface area contributed by atoms with E-state index >= 15 is 0 Å². The highest BCUT2D eigenvalue weighted by Crippen LogP contribution is 2.18. The van der Waals surface area contributed by atoms with Gasteiger partial charge in [0.15, 0.2) is 5.82 Å². The van der Waals surface area contributed by atoms with Crippen LogP contribution in [-0.4, -0.2) is 41.4 Å². The minimum Gasteiger partial charge on any atom is -0.379 e. The molecule has 0 aliphatic carbocycles. The summed E-state index contributed by atoms with van der Waals surface area (Å²) in [5.41, 5.74) is 4.81. The van der Waals surface area contributed by atoms with Crippen LogP contribution in [-0.2, 0) is 11.3 Å². The van der Waals surface area contributed by atoms with Crippen LogP contribution in [0.3, 0.4) is 0 Å². The number of aromatic nitrogens is 2. The summed E-state index contributed by atoms with van der Waals surface area (Å²) in [6.07, 6.45) is 8.52. The van der Waals surface area contributed by atoms with Gasteiger partial charge in [0, 0.05) is 36.3 Å². The predicted octanol–water partition coefficient (Wildman–Crippen LogP) is 3.17. The van der Waals surface area contributed by atoms with Gasteiger partial charge in [0.1, 0.15) is 0 Å². The first-order chi connectivity index (χ1) is 15.5. The highest BCUT2D eigenvalue weighted by Gasteiger charge is 2.21. The molecule has 1 aromatic heterocycles. The van der Waals surface area contributed by atoms with Crippen molar-refractivity contribution in [3.8, 4) is 6.07 Å². The molecule has 3 rings (SSSR count). The number of hydrogen-bond donors (Lipinski definition) is 1. The van der Waals surface area contributed by atoms with E-state index in [0.29, 0.717) is 18.2 Å². The molecule has 1 aliphatic rings. The van der Waals surface area contributed by atoms with Gasteiger partial charge in [0.2, 0.25) is 0 Å². The molecular weight excluding hydrogens is 398 g/mol. The highest BCUT2D eigenvalue weighted by atomic mass is 16.5. The van der Waals surface area contributed by atoms with Crippen molar-refractivity contribution < 1.29 is 4.74 Å².